The lowest BCUT2D eigenvalue weighted by molar-refractivity contribution is -0.133. The van der Waals surface area contributed by atoms with Crippen LogP contribution in [-0.4, -0.2) is 45.8 Å². The summed E-state index contributed by atoms with van der Waals surface area (Å²) in [7, 11) is 1.68. The topological polar surface area (TPSA) is 60.2 Å². The first-order chi connectivity index (χ1) is 15.4. The molecule has 168 valence electrons. The maximum absolute atomic E-state index is 13.1. The summed E-state index contributed by atoms with van der Waals surface area (Å²) in [6.07, 6.45) is 2.02. The molecule has 0 spiro atoms. The minimum Gasteiger partial charge on any atom is -0.497 e. The van der Waals surface area contributed by atoms with Crippen molar-refractivity contribution >= 4 is 5.91 Å². The molecule has 4 rings (SSSR count). The van der Waals surface area contributed by atoms with Crippen molar-refractivity contribution in [2.24, 2.45) is 0 Å². The smallest absolute Gasteiger partial charge is 0.244 e. The molecule has 2 aromatic heterocycles. The van der Waals surface area contributed by atoms with Crippen LogP contribution in [0.1, 0.15) is 47.1 Å². The van der Waals surface area contributed by atoms with E-state index in [4.69, 9.17) is 9.72 Å². The van der Waals surface area contributed by atoms with E-state index < -0.39 is 0 Å². The molecule has 6 heteroatoms. The fourth-order valence-electron chi connectivity index (χ4n) is 4.49. The summed E-state index contributed by atoms with van der Waals surface area (Å²) in [5.41, 5.74) is 7.49. The first-order valence-electron chi connectivity index (χ1n) is 11.3. The maximum atomic E-state index is 13.1. The molecule has 0 bridgehead atoms. The van der Waals surface area contributed by atoms with Crippen molar-refractivity contribution in [3.05, 3.63) is 64.7 Å². The Morgan fingerprint density at radius 2 is 1.94 bits per heavy atom. The van der Waals surface area contributed by atoms with Crippen molar-refractivity contribution in [3.8, 4) is 16.9 Å². The summed E-state index contributed by atoms with van der Waals surface area (Å²) in [5, 5.41) is 4.54. The van der Waals surface area contributed by atoms with Gasteiger partial charge in [0.1, 0.15) is 12.3 Å². The van der Waals surface area contributed by atoms with Crippen LogP contribution in [-0.2, 0) is 11.3 Å². The number of carbonyl (C=O) groups is 1. The monoisotopic (exact) mass is 432 g/mol. The molecular weight excluding hydrogens is 400 g/mol. The van der Waals surface area contributed by atoms with Gasteiger partial charge in [0.05, 0.1) is 12.8 Å². The Bertz CT molecular complexity index is 1130. The van der Waals surface area contributed by atoms with E-state index in [2.05, 4.69) is 30.2 Å². The Morgan fingerprint density at radius 3 is 2.66 bits per heavy atom. The second kappa shape index (κ2) is 9.15. The average molecular weight is 433 g/mol. The fraction of sp³-hybridized carbons (Fsp3) is 0.423. The number of rotatable bonds is 5. The van der Waals surface area contributed by atoms with Crippen LogP contribution in [0.5, 0.6) is 5.75 Å². The summed E-state index contributed by atoms with van der Waals surface area (Å²) in [6.45, 7) is 9.89. The summed E-state index contributed by atoms with van der Waals surface area (Å²) in [4.78, 5) is 19.9. The van der Waals surface area contributed by atoms with Crippen molar-refractivity contribution in [2.45, 2.75) is 53.0 Å². The van der Waals surface area contributed by atoms with Gasteiger partial charge < -0.3 is 9.64 Å². The Morgan fingerprint density at radius 1 is 1.12 bits per heavy atom. The molecule has 1 unspecified atom stereocenters. The van der Waals surface area contributed by atoms with Gasteiger partial charge in [-0.3, -0.25) is 14.5 Å². The minimum atomic E-state index is 0.126. The quantitative estimate of drug-likeness (QED) is 0.591. The Kier molecular flexibility index (Phi) is 6.31. The summed E-state index contributed by atoms with van der Waals surface area (Å²) >= 11 is 0. The minimum absolute atomic E-state index is 0.126. The maximum Gasteiger partial charge on any atom is 0.244 e. The van der Waals surface area contributed by atoms with Gasteiger partial charge in [0.2, 0.25) is 5.91 Å². The largest absolute Gasteiger partial charge is 0.497 e. The molecule has 1 aromatic carbocycles. The second-order valence-electron chi connectivity index (χ2n) is 8.79. The van der Waals surface area contributed by atoms with Gasteiger partial charge in [0.15, 0.2) is 0 Å². The third kappa shape index (κ3) is 4.54. The molecular formula is C26H32N4O2. The van der Waals surface area contributed by atoms with E-state index in [0.29, 0.717) is 13.1 Å². The van der Waals surface area contributed by atoms with Gasteiger partial charge in [-0.1, -0.05) is 12.1 Å². The van der Waals surface area contributed by atoms with Gasteiger partial charge in [-0.2, -0.15) is 5.10 Å². The second-order valence-corrected chi connectivity index (χ2v) is 8.79. The first-order valence-corrected chi connectivity index (χ1v) is 11.3. The van der Waals surface area contributed by atoms with Gasteiger partial charge in [-0.15, -0.1) is 0 Å². The third-order valence-corrected chi connectivity index (χ3v) is 6.60. The summed E-state index contributed by atoms with van der Waals surface area (Å²) < 4.78 is 7.23. The van der Waals surface area contributed by atoms with E-state index in [-0.39, 0.29) is 11.8 Å². The highest BCUT2D eigenvalue weighted by Crippen LogP contribution is 2.31. The molecule has 1 fully saturated rings. The van der Waals surface area contributed by atoms with Gasteiger partial charge in [0.25, 0.3) is 0 Å². The number of piperidine rings is 1. The van der Waals surface area contributed by atoms with Crippen LogP contribution in [0.25, 0.3) is 11.1 Å². The predicted molar refractivity (Wildman–Crippen MR) is 126 cm³/mol. The highest BCUT2D eigenvalue weighted by molar-refractivity contribution is 5.76. The van der Waals surface area contributed by atoms with E-state index >= 15 is 0 Å². The number of hydrogen-bond acceptors (Lipinski definition) is 4. The number of pyridine rings is 1. The molecule has 6 nitrogen and oxygen atoms in total. The Hall–Kier alpha value is -3.15. The van der Waals surface area contributed by atoms with Crippen LogP contribution in [0.4, 0.5) is 0 Å². The molecule has 0 saturated carbocycles. The molecule has 0 N–H and O–H groups in total. The van der Waals surface area contributed by atoms with Crippen LogP contribution in [0.2, 0.25) is 0 Å². The highest BCUT2D eigenvalue weighted by Gasteiger charge is 2.27. The van der Waals surface area contributed by atoms with Crippen molar-refractivity contribution < 1.29 is 9.53 Å². The van der Waals surface area contributed by atoms with Gasteiger partial charge in [-0.05, 0) is 81.5 Å². The normalized spacial score (nSPS) is 16.3. The van der Waals surface area contributed by atoms with Crippen LogP contribution >= 0.6 is 0 Å². The van der Waals surface area contributed by atoms with Crippen LogP contribution in [0.3, 0.4) is 0 Å². The number of hydrogen-bond donors (Lipinski definition) is 0. The average Bonchev–Trinajstić information content (AvgIpc) is 3.05. The predicted octanol–water partition coefficient (Wildman–Crippen LogP) is 4.59. The molecule has 1 aliphatic rings. The van der Waals surface area contributed by atoms with Crippen LogP contribution in [0, 0.1) is 27.7 Å². The zero-order valence-corrected chi connectivity index (χ0v) is 19.7. The number of likely N-dealkylation sites (tertiary alicyclic amines) is 1. The first kappa shape index (κ1) is 22.1. The number of carbonyl (C=O) groups excluding carboxylic acids is 1. The number of amides is 1. The number of nitrogens with zero attached hydrogens (tertiary/aromatic N) is 4. The van der Waals surface area contributed by atoms with E-state index in [1.807, 2.05) is 48.6 Å². The van der Waals surface area contributed by atoms with Crippen LogP contribution < -0.4 is 4.74 Å². The van der Waals surface area contributed by atoms with E-state index in [9.17, 15) is 4.79 Å². The molecule has 1 amide bonds. The van der Waals surface area contributed by atoms with Crippen molar-refractivity contribution in [2.75, 3.05) is 20.2 Å². The molecule has 1 aliphatic heterocycles. The van der Waals surface area contributed by atoms with Crippen molar-refractivity contribution in [1.29, 1.82) is 0 Å². The van der Waals surface area contributed by atoms with E-state index in [0.717, 1.165) is 64.6 Å². The summed E-state index contributed by atoms with van der Waals surface area (Å²) in [5.74, 6) is 1.20. The van der Waals surface area contributed by atoms with Gasteiger partial charge in [0, 0.05) is 36.1 Å². The lowest BCUT2D eigenvalue weighted by atomic mass is 9.92. The lowest BCUT2D eigenvalue weighted by Crippen LogP contribution is -2.41. The highest BCUT2D eigenvalue weighted by atomic mass is 16.5. The molecule has 3 aromatic rings. The fourth-order valence-corrected chi connectivity index (χ4v) is 4.49. The van der Waals surface area contributed by atoms with Gasteiger partial charge in [-0.25, -0.2) is 0 Å². The van der Waals surface area contributed by atoms with Crippen LogP contribution in [0.15, 0.2) is 36.4 Å². The van der Waals surface area contributed by atoms with Crippen molar-refractivity contribution in [3.63, 3.8) is 0 Å². The number of ether oxygens (including phenoxy) is 1. The molecule has 32 heavy (non-hydrogen) atoms. The summed E-state index contributed by atoms with van der Waals surface area (Å²) in [6, 6.07) is 12.4. The molecule has 1 atom stereocenters. The Balaban J connectivity index is 1.53. The number of aryl methyl sites for hydroxylation is 2. The number of benzene rings is 1. The van der Waals surface area contributed by atoms with E-state index in [1.54, 1.807) is 7.11 Å². The standard InChI is InChI=1S/C26H32N4O2/c1-17-12-23(21-8-6-10-24(13-21)32-5)14-25(27-17)22-9-7-11-29(15-22)26(31)16-30-20(4)18(2)19(3)28-30/h6,8,10,12-14,22H,7,9,11,15-16H2,1-5H3. The number of methoxy groups -OCH3 is 1. The van der Waals surface area contributed by atoms with Crippen molar-refractivity contribution in [1.82, 2.24) is 19.7 Å². The third-order valence-electron chi connectivity index (χ3n) is 6.60. The Labute approximate surface area is 190 Å². The molecule has 3 heterocycles. The SMILES string of the molecule is COc1cccc(-c2cc(C)nc(C3CCCN(C(=O)Cn4nc(C)c(C)c4C)C3)c2)c1. The molecule has 0 aliphatic carbocycles. The molecule has 1 saturated heterocycles. The van der Waals surface area contributed by atoms with Gasteiger partial charge >= 0.3 is 0 Å². The zero-order valence-electron chi connectivity index (χ0n) is 19.7. The lowest BCUT2D eigenvalue weighted by Gasteiger charge is -2.33. The zero-order chi connectivity index (χ0) is 22.8. The number of aromatic nitrogens is 3. The van der Waals surface area contributed by atoms with E-state index in [1.165, 1.54) is 0 Å². The molecule has 0 radical (unpaired) electrons.